The molecular formula is C34H45N5O6S2. The number of hydrogen-bond donors (Lipinski definition) is 2. The highest BCUT2D eigenvalue weighted by molar-refractivity contribution is 7.93. The molecule has 2 saturated heterocycles. The molecular weight excluding hydrogens is 639 g/mol. The largest absolute Gasteiger partial charge is 0.497 e. The summed E-state index contributed by atoms with van der Waals surface area (Å²) in [6.07, 6.45) is 6.03. The molecule has 3 aromatic carbocycles. The van der Waals surface area contributed by atoms with Crippen molar-refractivity contribution in [1.29, 1.82) is 0 Å². The maximum atomic E-state index is 14.0. The Balaban J connectivity index is 1.52. The molecule has 0 spiro atoms. The summed E-state index contributed by atoms with van der Waals surface area (Å²) in [5, 5.41) is 2.89. The van der Waals surface area contributed by atoms with E-state index < -0.39 is 26.0 Å². The van der Waals surface area contributed by atoms with Crippen LogP contribution in [0.4, 0.5) is 22.7 Å². The molecule has 2 heterocycles. The van der Waals surface area contributed by atoms with Crippen LogP contribution in [0.2, 0.25) is 0 Å². The van der Waals surface area contributed by atoms with Gasteiger partial charge < -0.3 is 19.9 Å². The molecule has 11 nitrogen and oxygen atoms in total. The van der Waals surface area contributed by atoms with E-state index in [0.717, 1.165) is 64.7 Å². The second kappa shape index (κ2) is 15.0. The third kappa shape index (κ3) is 7.85. The summed E-state index contributed by atoms with van der Waals surface area (Å²) in [5.41, 5.74) is 2.10. The van der Waals surface area contributed by atoms with Crippen molar-refractivity contribution in [1.82, 2.24) is 4.31 Å². The quantitative estimate of drug-likeness (QED) is 0.247. The van der Waals surface area contributed by atoms with Crippen molar-refractivity contribution in [2.45, 2.75) is 62.2 Å². The Morgan fingerprint density at radius 1 is 0.745 bits per heavy atom. The summed E-state index contributed by atoms with van der Waals surface area (Å²) in [5.74, 6) is 0.0870. The number of amides is 1. The van der Waals surface area contributed by atoms with Crippen molar-refractivity contribution < 1.29 is 26.4 Å². The van der Waals surface area contributed by atoms with Crippen molar-refractivity contribution in [2.24, 2.45) is 0 Å². The van der Waals surface area contributed by atoms with E-state index in [1.807, 2.05) is 0 Å². The number of benzene rings is 3. The monoisotopic (exact) mass is 683 g/mol. The zero-order chi connectivity index (χ0) is 33.6. The van der Waals surface area contributed by atoms with Crippen molar-refractivity contribution in [3.8, 4) is 5.75 Å². The summed E-state index contributed by atoms with van der Waals surface area (Å²) in [7, 11) is -6.36. The van der Waals surface area contributed by atoms with Gasteiger partial charge in [-0.3, -0.25) is 9.52 Å². The Bertz CT molecular complexity index is 1760. The van der Waals surface area contributed by atoms with Crippen molar-refractivity contribution >= 4 is 48.7 Å². The first-order valence-electron chi connectivity index (χ1n) is 16.3. The van der Waals surface area contributed by atoms with Crippen LogP contribution in [-0.2, 0) is 20.0 Å². The van der Waals surface area contributed by atoms with Crippen molar-refractivity contribution in [2.75, 3.05) is 66.2 Å². The average molecular weight is 684 g/mol. The van der Waals surface area contributed by atoms with Crippen molar-refractivity contribution in [3.63, 3.8) is 0 Å². The van der Waals surface area contributed by atoms with Crippen LogP contribution in [0.1, 0.15) is 62.7 Å². The number of piperidine rings is 2. The summed E-state index contributed by atoms with van der Waals surface area (Å²) in [6, 6.07) is 16.2. The summed E-state index contributed by atoms with van der Waals surface area (Å²) < 4.78 is 63.9. The summed E-state index contributed by atoms with van der Waals surface area (Å²) in [6.45, 7) is 7.13. The average Bonchev–Trinajstić information content (AvgIpc) is 3.09. The highest BCUT2D eigenvalue weighted by Gasteiger charge is 2.28. The minimum atomic E-state index is -4.08. The fourth-order valence-electron chi connectivity index (χ4n) is 6.25. The second-order valence-corrected chi connectivity index (χ2v) is 15.4. The Morgan fingerprint density at radius 2 is 1.30 bits per heavy atom. The predicted octanol–water partition coefficient (Wildman–Crippen LogP) is 5.76. The molecule has 3 aromatic rings. The lowest BCUT2D eigenvalue weighted by atomic mass is 10.1. The Morgan fingerprint density at radius 3 is 1.87 bits per heavy atom. The molecule has 0 aliphatic carbocycles. The second-order valence-electron chi connectivity index (χ2n) is 11.8. The van der Waals surface area contributed by atoms with E-state index in [1.165, 1.54) is 16.4 Å². The molecule has 2 N–H and O–H groups in total. The van der Waals surface area contributed by atoms with Gasteiger partial charge in [-0.15, -0.1) is 0 Å². The van der Waals surface area contributed by atoms with Gasteiger partial charge in [0.1, 0.15) is 10.6 Å². The molecule has 2 aliphatic rings. The number of nitrogens with one attached hydrogen (secondary N) is 2. The van der Waals surface area contributed by atoms with Gasteiger partial charge in [0.25, 0.3) is 15.9 Å². The zero-order valence-electron chi connectivity index (χ0n) is 27.4. The van der Waals surface area contributed by atoms with E-state index in [-0.39, 0.29) is 21.0 Å². The van der Waals surface area contributed by atoms with Gasteiger partial charge in [0.05, 0.1) is 23.3 Å². The molecule has 2 aliphatic heterocycles. The Kier molecular flexibility index (Phi) is 11.0. The van der Waals surface area contributed by atoms with Crippen LogP contribution in [0, 0.1) is 0 Å². The van der Waals surface area contributed by atoms with Gasteiger partial charge in [0.2, 0.25) is 10.0 Å². The van der Waals surface area contributed by atoms with Gasteiger partial charge in [-0.25, -0.2) is 16.8 Å². The van der Waals surface area contributed by atoms with Gasteiger partial charge in [0, 0.05) is 56.3 Å². The number of ether oxygens (including phenoxy) is 1. The Hall–Kier alpha value is -3.81. The molecule has 13 heteroatoms. The van der Waals surface area contributed by atoms with Crippen molar-refractivity contribution in [3.05, 3.63) is 66.2 Å². The highest BCUT2D eigenvalue weighted by atomic mass is 32.2. The van der Waals surface area contributed by atoms with Gasteiger partial charge in [0.15, 0.2) is 0 Å². The lowest BCUT2D eigenvalue weighted by molar-refractivity contribution is 0.102. The lowest BCUT2D eigenvalue weighted by Crippen LogP contribution is -2.33. The standard InChI is InChI=1S/C34H45N5O6S2/c1-4-39(5-2)47(43,44)29-17-19-31(37-20-8-6-9-21-37)30(25-29)34(40)35-27-14-18-32(38-22-10-7-11-23-38)33(24-27)46(41,42)36-26-12-15-28(45-3)16-13-26/h12-19,24-25,36H,4-11,20-23H2,1-3H3,(H,35,40). The summed E-state index contributed by atoms with van der Waals surface area (Å²) in [4.78, 5) is 18.3. The molecule has 0 bridgehead atoms. The van der Waals surface area contributed by atoms with E-state index >= 15 is 0 Å². The van der Waals surface area contributed by atoms with E-state index in [1.54, 1.807) is 69.5 Å². The predicted molar refractivity (Wildman–Crippen MR) is 187 cm³/mol. The molecule has 2 fully saturated rings. The van der Waals surface area contributed by atoms with E-state index in [9.17, 15) is 21.6 Å². The molecule has 0 aromatic heterocycles. The molecule has 1 amide bonds. The van der Waals surface area contributed by atoms with Gasteiger partial charge in [-0.1, -0.05) is 13.8 Å². The fraction of sp³-hybridized carbons (Fsp3) is 0.441. The third-order valence-corrected chi connectivity index (χ3v) is 12.3. The van der Waals surface area contributed by atoms with E-state index in [0.29, 0.717) is 35.9 Å². The maximum Gasteiger partial charge on any atom is 0.264 e. The highest BCUT2D eigenvalue weighted by Crippen LogP contribution is 2.34. The molecule has 5 rings (SSSR count). The van der Waals surface area contributed by atoms with E-state index in [4.69, 9.17) is 4.74 Å². The fourth-order valence-corrected chi connectivity index (χ4v) is 9.05. The van der Waals surface area contributed by atoms with Crippen LogP contribution in [-0.4, -0.2) is 73.4 Å². The number of nitrogens with zero attached hydrogens (tertiary/aromatic N) is 3. The molecule has 0 saturated carbocycles. The number of hydrogen-bond acceptors (Lipinski definition) is 8. The normalized spacial score (nSPS) is 15.8. The first kappa shape index (κ1) is 34.5. The van der Waals surface area contributed by atoms with Crippen LogP contribution in [0.25, 0.3) is 0 Å². The van der Waals surface area contributed by atoms with Crippen LogP contribution >= 0.6 is 0 Å². The summed E-state index contributed by atoms with van der Waals surface area (Å²) >= 11 is 0. The van der Waals surface area contributed by atoms with Crippen LogP contribution in [0.3, 0.4) is 0 Å². The van der Waals surface area contributed by atoms with Gasteiger partial charge in [-0.05, 0) is 99.2 Å². The molecule has 0 radical (unpaired) electrons. The molecule has 254 valence electrons. The SMILES string of the molecule is CCN(CC)S(=O)(=O)c1ccc(N2CCCCC2)c(C(=O)Nc2ccc(N3CCCCC3)c(S(=O)(=O)Nc3ccc(OC)cc3)c2)c1. The number of methoxy groups -OCH3 is 1. The minimum absolute atomic E-state index is 0.0412. The minimum Gasteiger partial charge on any atom is -0.497 e. The number of rotatable bonds is 12. The van der Waals surface area contributed by atoms with Crippen LogP contribution in [0.5, 0.6) is 5.75 Å². The smallest absolute Gasteiger partial charge is 0.264 e. The van der Waals surface area contributed by atoms with Crippen LogP contribution < -0.4 is 24.6 Å². The molecule has 47 heavy (non-hydrogen) atoms. The topological polar surface area (TPSA) is 128 Å². The number of sulfonamides is 2. The zero-order valence-corrected chi connectivity index (χ0v) is 29.0. The molecule has 0 atom stereocenters. The number of carbonyl (C=O) groups excluding carboxylic acids is 1. The van der Waals surface area contributed by atoms with Crippen LogP contribution in [0.15, 0.2) is 70.5 Å². The van der Waals surface area contributed by atoms with Gasteiger partial charge >= 0.3 is 0 Å². The first-order chi connectivity index (χ1) is 22.6. The first-order valence-corrected chi connectivity index (χ1v) is 19.3. The lowest BCUT2D eigenvalue weighted by Gasteiger charge is -2.31. The third-order valence-electron chi connectivity index (χ3n) is 8.80. The number of carbonyl (C=O) groups is 1. The van der Waals surface area contributed by atoms with Gasteiger partial charge in [-0.2, -0.15) is 4.31 Å². The van der Waals surface area contributed by atoms with E-state index in [2.05, 4.69) is 19.8 Å². The maximum absolute atomic E-state index is 14.0. The Labute approximate surface area is 279 Å². The molecule has 0 unspecified atom stereocenters. The number of anilines is 4.